The number of anilines is 1. The van der Waals surface area contributed by atoms with Crippen molar-refractivity contribution in [1.82, 2.24) is 9.97 Å². The van der Waals surface area contributed by atoms with E-state index in [-0.39, 0.29) is 18.5 Å². The molecule has 0 bridgehead atoms. The maximum Gasteiger partial charge on any atom is 0.321 e. The van der Waals surface area contributed by atoms with Crippen LogP contribution in [0.5, 0.6) is 17.5 Å². The van der Waals surface area contributed by atoms with Crippen LogP contribution < -0.4 is 14.8 Å². The number of hydrogen-bond donors (Lipinski definition) is 1. The van der Waals surface area contributed by atoms with Crippen LogP contribution in [0.4, 0.5) is 5.69 Å². The number of nitrogens with zero attached hydrogens (tertiary/aromatic N) is 2. The van der Waals surface area contributed by atoms with E-state index < -0.39 is 0 Å². The van der Waals surface area contributed by atoms with Gasteiger partial charge in [0.2, 0.25) is 0 Å². The first kappa shape index (κ1) is 19.3. The smallest absolute Gasteiger partial charge is 0.321 e. The number of carbonyl (C=O) groups excluding carboxylic acids is 1. The summed E-state index contributed by atoms with van der Waals surface area (Å²) in [6.07, 6.45) is 3.18. The monoisotopic (exact) mass is 491 g/mol. The maximum atomic E-state index is 12.2. The topological polar surface area (TPSA) is 73.3 Å². The quantitative estimate of drug-likeness (QED) is 0.517. The average molecular weight is 493 g/mol. The Morgan fingerprint density at radius 3 is 2.41 bits per heavy atom. The Kier molecular flexibility index (Phi) is 6.41. The van der Waals surface area contributed by atoms with Crippen LogP contribution in [0.25, 0.3) is 0 Å². The van der Waals surface area contributed by atoms with Crippen molar-refractivity contribution in [2.45, 2.75) is 6.92 Å². The van der Waals surface area contributed by atoms with Gasteiger partial charge >= 0.3 is 6.01 Å². The van der Waals surface area contributed by atoms with E-state index in [0.29, 0.717) is 17.2 Å². The highest BCUT2D eigenvalue weighted by Crippen LogP contribution is 2.32. The zero-order valence-electron chi connectivity index (χ0n) is 14.3. The van der Waals surface area contributed by atoms with Gasteiger partial charge in [0.15, 0.2) is 6.61 Å². The number of hydrogen-bond acceptors (Lipinski definition) is 5. The molecule has 8 heteroatoms. The maximum absolute atomic E-state index is 12.2. The number of carbonyl (C=O) groups is 1. The van der Waals surface area contributed by atoms with Gasteiger partial charge in [0, 0.05) is 27.4 Å². The normalized spacial score (nSPS) is 10.3. The Bertz CT molecular complexity index is 929. The Labute approximate surface area is 173 Å². The summed E-state index contributed by atoms with van der Waals surface area (Å²) in [5, 5.41) is 2.82. The van der Waals surface area contributed by atoms with Crippen molar-refractivity contribution in [3.05, 3.63) is 69.4 Å². The Balaban J connectivity index is 1.60. The molecule has 1 amide bonds. The zero-order valence-corrected chi connectivity index (χ0v) is 17.5. The minimum atomic E-state index is -0.280. The van der Waals surface area contributed by atoms with E-state index in [9.17, 15) is 4.79 Å². The fraction of sp³-hybridized carbons (Fsp3) is 0.105. The molecule has 2 aromatic carbocycles. The molecule has 0 fully saturated rings. The predicted octanol–water partition coefficient (Wildman–Crippen LogP) is 5.12. The summed E-state index contributed by atoms with van der Waals surface area (Å²) < 4.78 is 12.7. The van der Waals surface area contributed by atoms with Gasteiger partial charge in [0.05, 0.1) is 5.69 Å². The van der Waals surface area contributed by atoms with Gasteiger partial charge in [-0.15, -0.1) is 0 Å². The van der Waals surface area contributed by atoms with Crippen molar-refractivity contribution in [2.24, 2.45) is 0 Å². The number of rotatable bonds is 6. The molecule has 3 rings (SSSR count). The minimum absolute atomic E-state index is 0.141. The molecule has 0 unspecified atom stereocenters. The second-order valence-electron chi connectivity index (χ2n) is 5.55. The van der Waals surface area contributed by atoms with Gasteiger partial charge in [-0.25, -0.2) is 9.97 Å². The number of ether oxygens (including phenoxy) is 2. The number of aryl methyl sites for hydroxylation is 1. The van der Waals surface area contributed by atoms with Crippen LogP contribution in [-0.4, -0.2) is 22.5 Å². The number of amides is 1. The first-order valence-electron chi connectivity index (χ1n) is 7.94. The van der Waals surface area contributed by atoms with E-state index in [1.807, 2.05) is 19.1 Å². The summed E-state index contributed by atoms with van der Waals surface area (Å²) >= 11 is 6.90. The first-order chi connectivity index (χ1) is 13.0. The van der Waals surface area contributed by atoms with E-state index in [4.69, 9.17) is 9.47 Å². The standard InChI is InChI=1S/C19H15Br2N3O3/c1-12-8-15(20)18(16(21)9-12)24-17(25)11-26-13-4-2-5-14(10-13)27-19-22-6-3-7-23-19/h2-10H,11H2,1H3,(H,24,25). The van der Waals surface area contributed by atoms with Crippen LogP contribution in [0.2, 0.25) is 0 Å². The van der Waals surface area contributed by atoms with Gasteiger partial charge in [-0.1, -0.05) is 6.07 Å². The number of aromatic nitrogens is 2. The Morgan fingerprint density at radius 1 is 1.04 bits per heavy atom. The lowest BCUT2D eigenvalue weighted by Crippen LogP contribution is -2.20. The summed E-state index contributed by atoms with van der Waals surface area (Å²) in [7, 11) is 0. The predicted molar refractivity (Wildman–Crippen MR) is 109 cm³/mol. The van der Waals surface area contributed by atoms with E-state index in [1.165, 1.54) is 0 Å². The first-order valence-corrected chi connectivity index (χ1v) is 9.53. The molecule has 27 heavy (non-hydrogen) atoms. The minimum Gasteiger partial charge on any atom is -0.484 e. The van der Waals surface area contributed by atoms with Crippen LogP contribution in [0, 0.1) is 6.92 Å². The lowest BCUT2D eigenvalue weighted by Gasteiger charge is -2.12. The van der Waals surface area contributed by atoms with Crippen molar-refractivity contribution in [3.63, 3.8) is 0 Å². The molecule has 0 aliphatic rings. The molecule has 1 N–H and O–H groups in total. The molecular weight excluding hydrogens is 478 g/mol. The molecule has 0 saturated carbocycles. The summed E-state index contributed by atoms with van der Waals surface area (Å²) in [6.45, 7) is 1.83. The molecule has 1 heterocycles. The lowest BCUT2D eigenvalue weighted by molar-refractivity contribution is -0.118. The van der Waals surface area contributed by atoms with Crippen LogP contribution in [0.3, 0.4) is 0 Å². The van der Waals surface area contributed by atoms with Crippen molar-refractivity contribution in [3.8, 4) is 17.5 Å². The fourth-order valence-corrected chi connectivity index (χ4v) is 3.83. The Hall–Kier alpha value is -2.45. The molecule has 0 spiro atoms. The molecule has 0 saturated heterocycles. The second-order valence-corrected chi connectivity index (χ2v) is 7.26. The average Bonchev–Trinajstić information content (AvgIpc) is 2.64. The highest BCUT2D eigenvalue weighted by Gasteiger charge is 2.11. The second kappa shape index (κ2) is 8.96. The van der Waals surface area contributed by atoms with E-state index in [1.54, 1.807) is 42.7 Å². The molecule has 3 aromatic rings. The fourth-order valence-electron chi connectivity index (χ4n) is 2.21. The third-order valence-electron chi connectivity index (χ3n) is 3.38. The van der Waals surface area contributed by atoms with E-state index in [2.05, 4.69) is 47.1 Å². The van der Waals surface area contributed by atoms with E-state index >= 15 is 0 Å². The van der Waals surface area contributed by atoms with Crippen molar-refractivity contribution in [1.29, 1.82) is 0 Å². The summed E-state index contributed by atoms with van der Waals surface area (Å²) in [6, 6.07) is 12.7. The third-order valence-corrected chi connectivity index (χ3v) is 4.63. The molecular formula is C19H15Br2N3O3. The molecule has 0 aliphatic heterocycles. The SMILES string of the molecule is Cc1cc(Br)c(NC(=O)COc2cccc(Oc3ncccn3)c2)c(Br)c1. The lowest BCUT2D eigenvalue weighted by atomic mass is 10.2. The summed E-state index contributed by atoms with van der Waals surface area (Å²) in [5.74, 6) is 0.738. The van der Waals surface area contributed by atoms with Gasteiger partial charge in [-0.2, -0.15) is 0 Å². The molecule has 6 nitrogen and oxygen atoms in total. The molecule has 138 valence electrons. The van der Waals surface area contributed by atoms with Crippen molar-refractivity contribution < 1.29 is 14.3 Å². The highest BCUT2D eigenvalue weighted by molar-refractivity contribution is 9.11. The van der Waals surface area contributed by atoms with Gasteiger partial charge < -0.3 is 14.8 Å². The molecule has 0 aliphatic carbocycles. The Morgan fingerprint density at radius 2 is 1.70 bits per heavy atom. The van der Waals surface area contributed by atoms with Gasteiger partial charge in [-0.05, 0) is 74.7 Å². The van der Waals surface area contributed by atoms with Crippen LogP contribution in [0.15, 0.2) is 63.8 Å². The molecule has 0 atom stereocenters. The largest absolute Gasteiger partial charge is 0.484 e. The van der Waals surface area contributed by atoms with Gasteiger partial charge in [0.25, 0.3) is 5.91 Å². The summed E-state index contributed by atoms with van der Waals surface area (Å²) in [4.78, 5) is 20.2. The molecule has 1 aromatic heterocycles. The van der Waals surface area contributed by atoms with Crippen LogP contribution in [-0.2, 0) is 4.79 Å². The van der Waals surface area contributed by atoms with Crippen LogP contribution in [0.1, 0.15) is 5.56 Å². The zero-order chi connectivity index (χ0) is 19.2. The van der Waals surface area contributed by atoms with E-state index in [0.717, 1.165) is 14.5 Å². The van der Waals surface area contributed by atoms with Crippen molar-refractivity contribution in [2.75, 3.05) is 11.9 Å². The van der Waals surface area contributed by atoms with Crippen LogP contribution >= 0.6 is 31.9 Å². The van der Waals surface area contributed by atoms with Gasteiger partial charge in [0.1, 0.15) is 11.5 Å². The third kappa shape index (κ3) is 5.51. The van der Waals surface area contributed by atoms with Crippen molar-refractivity contribution >= 4 is 43.5 Å². The number of halogens is 2. The highest BCUT2D eigenvalue weighted by atomic mass is 79.9. The number of benzene rings is 2. The summed E-state index contributed by atoms with van der Waals surface area (Å²) in [5.41, 5.74) is 1.73. The van der Waals surface area contributed by atoms with Gasteiger partial charge in [-0.3, -0.25) is 4.79 Å². The number of nitrogens with one attached hydrogen (secondary N) is 1. The molecule has 0 radical (unpaired) electrons.